The Balaban J connectivity index is 2.05. The van der Waals surface area contributed by atoms with Gasteiger partial charge in [0.2, 0.25) is 5.91 Å². The highest BCUT2D eigenvalue weighted by atomic mass is 35.5. The molecule has 0 radical (unpaired) electrons. The van der Waals surface area contributed by atoms with Gasteiger partial charge in [-0.1, -0.05) is 23.2 Å². The van der Waals surface area contributed by atoms with Crippen LogP contribution in [-0.4, -0.2) is 19.6 Å². The minimum atomic E-state index is -3.59. The average Bonchev–Trinajstić information content (AvgIpc) is 2.50. The quantitative estimate of drug-likeness (QED) is 0.856. The second-order valence-corrected chi connectivity index (χ2v) is 8.31. The molecule has 0 aromatic heterocycles. The zero-order chi connectivity index (χ0) is 17.0. The largest absolute Gasteiger partial charge is 0.326 e. The lowest BCUT2D eigenvalue weighted by Gasteiger charge is -2.13. The molecule has 0 saturated heterocycles. The number of benzene rings is 2. The number of carbonyl (C=O) groups is 1. The van der Waals surface area contributed by atoms with Gasteiger partial charge in [-0.2, -0.15) is 0 Å². The number of rotatable bonds is 5. The fraction of sp³-hybridized carbons (Fsp3) is 0.188. The van der Waals surface area contributed by atoms with Gasteiger partial charge in [0.05, 0.1) is 10.1 Å². The molecule has 0 bridgehead atoms. The Morgan fingerprint density at radius 1 is 1.00 bits per heavy atom. The Morgan fingerprint density at radius 2 is 1.48 bits per heavy atom. The summed E-state index contributed by atoms with van der Waals surface area (Å²) in [5, 5.41) is 2.81. The van der Waals surface area contributed by atoms with Gasteiger partial charge in [-0.05, 0) is 55.5 Å². The molecule has 1 N–H and O–H groups in total. The van der Waals surface area contributed by atoms with Crippen molar-refractivity contribution in [1.29, 1.82) is 0 Å². The number of amides is 1. The van der Waals surface area contributed by atoms with E-state index < -0.39 is 15.1 Å². The van der Waals surface area contributed by atoms with Crippen molar-refractivity contribution >= 4 is 44.6 Å². The summed E-state index contributed by atoms with van der Waals surface area (Å²) < 4.78 is 24.9. The lowest BCUT2D eigenvalue weighted by Crippen LogP contribution is -2.25. The number of nitrogens with one attached hydrogen (secondary N) is 1. The van der Waals surface area contributed by atoms with Crippen molar-refractivity contribution in [2.75, 3.05) is 5.32 Å². The number of hydrogen-bond acceptors (Lipinski definition) is 3. The highest BCUT2D eigenvalue weighted by Gasteiger charge is 2.25. The van der Waals surface area contributed by atoms with E-state index in [2.05, 4.69) is 5.32 Å². The Kier molecular flexibility index (Phi) is 5.68. The van der Waals surface area contributed by atoms with Gasteiger partial charge in [0.15, 0.2) is 9.84 Å². The van der Waals surface area contributed by atoms with Crippen LogP contribution < -0.4 is 5.32 Å². The third kappa shape index (κ3) is 4.70. The predicted octanol–water partition coefficient (Wildman–Crippen LogP) is 4.18. The van der Waals surface area contributed by atoms with Crippen LogP contribution in [0.5, 0.6) is 0 Å². The summed E-state index contributed by atoms with van der Waals surface area (Å²) in [6.45, 7) is 1.51. The van der Waals surface area contributed by atoms with Crippen molar-refractivity contribution in [1.82, 2.24) is 0 Å². The van der Waals surface area contributed by atoms with Crippen LogP contribution in [0.1, 0.15) is 13.3 Å². The van der Waals surface area contributed by atoms with Crippen LogP contribution in [0.3, 0.4) is 0 Å². The molecule has 2 aromatic rings. The first kappa shape index (κ1) is 17.8. The Morgan fingerprint density at radius 3 is 2.00 bits per heavy atom. The topological polar surface area (TPSA) is 63.2 Å². The summed E-state index contributed by atoms with van der Waals surface area (Å²) in [4.78, 5) is 12.2. The molecule has 4 nitrogen and oxygen atoms in total. The molecule has 0 heterocycles. The molecule has 122 valence electrons. The number of carbonyl (C=O) groups excluding carboxylic acids is 1. The molecule has 2 aromatic carbocycles. The molecule has 0 fully saturated rings. The van der Waals surface area contributed by atoms with E-state index >= 15 is 0 Å². The minimum absolute atomic E-state index is 0.145. The van der Waals surface area contributed by atoms with Gasteiger partial charge in [-0.25, -0.2) is 8.42 Å². The molecular weight excluding hydrogens is 357 g/mol. The van der Waals surface area contributed by atoms with Crippen molar-refractivity contribution in [3.05, 3.63) is 58.6 Å². The van der Waals surface area contributed by atoms with Crippen molar-refractivity contribution in [3.63, 3.8) is 0 Å². The maximum absolute atomic E-state index is 12.4. The van der Waals surface area contributed by atoms with E-state index in [-0.39, 0.29) is 17.2 Å². The van der Waals surface area contributed by atoms with E-state index in [9.17, 15) is 13.2 Å². The first-order valence-corrected chi connectivity index (χ1v) is 9.14. The van der Waals surface area contributed by atoms with Crippen molar-refractivity contribution in [2.45, 2.75) is 23.5 Å². The van der Waals surface area contributed by atoms with Gasteiger partial charge in [-0.3, -0.25) is 4.79 Å². The lowest BCUT2D eigenvalue weighted by atomic mass is 10.3. The third-order valence-corrected chi connectivity index (χ3v) is 5.93. The maximum atomic E-state index is 12.4. The molecule has 2 rings (SSSR count). The first-order chi connectivity index (χ1) is 10.8. The Bertz CT molecular complexity index is 787. The van der Waals surface area contributed by atoms with E-state index in [0.717, 1.165) is 0 Å². The fourth-order valence-corrected chi connectivity index (χ4v) is 3.58. The smallest absolute Gasteiger partial charge is 0.225 e. The normalized spacial score (nSPS) is 12.7. The molecular formula is C16H15Cl2NO3S. The number of sulfone groups is 1. The zero-order valence-corrected chi connectivity index (χ0v) is 14.6. The van der Waals surface area contributed by atoms with E-state index in [1.54, 1.807) is 24.3 Å². The summed E-state index contributed by atoms with van der Waals surface area (Å²) in [6, 6.07) is 12.5. The number of halogens is 2. The van der Waals surface area contributed by atoms with Crippen LogP contribution in [0.4, 0.5) is 5.69 Å². The molecule has 0 aliphatic heterocycles. The molecule has 1 atom stereocenters. The van der Waals surface area contributed by atoms with Gasteiger partial charge in [-0.15, -0.1) is 0 Å². The third-order valence-electron chi connectivity index (χ3n) is 3.27. The van der Waals surface area contributed by atoms with Crippen molar-refractivity contribution < 1.29 is 13.2 Å². The number of anilines is 1. The highest BCUT2D eigenvalue weighted by Crippen LogP contribution is 2.21. The summed E-state index contributed by atoms with van der Waals surface area (Å²) >= 11 is 11.5. The molecule has 0 aliphatic rings. The Labute approximate surface area is 145 Å². The second kappa shape index (κ2) is 7.34. The van der Waals surface area contributed by atoms with Crippen LogP contribution in [0.25, 0.3) is 0 Å². The summed E-state index contributed by atoms with van der Waals surface area (Å²) in [7, 11) is -3.59. The summed E-state index contributed by atoms with van der Waals surface area (Å²) in [5.41, 5.74) is 0.565. The molecule has 23 heavy (non-hydrogen) atoms. The van der Waals surface area contributed by atoms with Crippen LogP contribution in [-0.2, 0) is 14.6 Å². The van der Waals surface area contributed by atoms with E-state index in [1.165, 1.54) is 31.2 Å². The van der Waals surface area contributed by atoms with Gasteiger partial charge < -0.3 is 5.32 Å². The fourth-order valence-electron chi connectivity index (χ4n) is 1.97. The molecule has 0 spiro atoms. The van der Waals surface area contributed by atoms with E-state index in [4.69, 9.17) is 23.2 Å². The number of hydrogen-bond donors (Lipinski definition) is 1. The molecule has 1 unspecified atom stereocenters. The van der Waals surface area contributed by atoms with Gasteiger partial charge >= 0.3 is 0 Å². The monoisotopic (exact) mass is 371 g/mol. The van der Waals surface area contributed by atoms with Gasteiger partial charge in [0.1, 0.15) is 0 Å². The Hall–Kier alpha value is -1.56. The first-order valence-electron chi connectivity index (χ1n) is 6.84. The lowest BCUT2D eigenvalue weighted by molar-refractivity contribution is -0.116. The van der Waals surface area contributed by atoms with E-state index in [0.29, 0.717) is 15.7 Å². The van der Waals surface area contributed by atoms with E-state index in [1.807, 2.05) is 0 Å². The molecule has 1 amide bonds. The standard InChI is InChI=1S/C16H15Cl2NO3S/c1-11(23(21,22)15-8-4-13(18)5-9-15)10-16(20)19-14-6-2-12(17)3-7-14/h2-9,11H,10H2,1H3,(H,19,20). The predicted molar refractivity (Wildman–Crippen MR) is 92.8 cm³/mol. The van der Waals surface area contributed by atoms with Gasteiger partial charge in [0, 0.05) is 22.2 Å². The second-order valence-electron chi connectivity index (χ2n) is 5.07. The average molecular weight is 372 g/mol. The van der Waals surface area contributed by atoms with Crippen LogP contribution >= 0.6 is 23.2 Å². The molecule has 0 aliphatic carbocycles. The van der Waals surface area contributed by atoms with Crippen LogP contribution in [0, 0.1) is 0 Å². The van der Waals surface area contributed by atoms with Crippen molar-refractivity contribution in [3.8, 4) is 0 Å². The summed E-state index contributed by atoms with van der Waals surface area (Å²) in [5.74, 6) is -0.377. The molecule has 7 heteroatoms. The minimum Gasteiger partial charge on any atom is -0.326 e. The molecule has 0 saturated carbocycles. The van der Waals surface area contributed by atoms with Gasteiger partial charge in [0.25, 0.3) is 0 Å². The van der Waals surface area contributed by atoms with Crippen molar-refractivity contribution in [2.24, 2.45) is 0 Å². The van der Waals surface area contributed by atoms with Crippen LogP contribution in [0.15, 0.2) is 53.4 Å². The van der Waals surface area contributed by atoms with Crippen LogP contribution in [0.2, 0.25) is 10.0 Å². The highest BCUT2D eigenvalue weighted by molar-refractivity contribution is 7.92. The maximum Gasteiger partial charge on any atom is 0.225 e. The zero-order valence-electron chi connectivity index (χ0n) is 12.3. The summed E-state index contributed by atoms with van der Waals surface area (Å²) in [6.07, 6.45) is -0.145. The SMILES string of the molecule is CC(CC(=O)Nc1ccc(Cl)cc1)S(=O)(=O)c1ccc(Cl)cc1.